The zero-order valence-corrected chi connectivity index (χ0v) is 33.3. The molecule has 1 heterocycles. The lowest BCUT2D eigenvalue weighted by molar-refractivity contribution is -0.134. The average molecular weight is 700 g/mol. The molecule has 0 spiro atoms. The molecule has 2 fully saturated rings. The first-order chi connectivity index (χ1) is 23.5. The number of hydrogen-bond acceptors (Lipinski definition) is 3. The molecule has 278 valence electrons. The second kappa shape index (κ2) is 30.2. The summed E-state index contributed by atoms with van der Waals surface area (Å²) in [6, 6.07) is 16.8. The number of halogens is 1. The van der Waals surface area contributed by atoms with Crippen LogP contribution in [0.15, 0.2) is 54.6 Å². The zero-order chi connectivity index (χ0) is 36.9. The summed E-state index contributed by atoms with van der Waals surface area (Å²) in [7, 11) is 0. The predicted molar refractivity (Wildman–Crippen MR) is 211 cm³/mol. The third-order valence-corrected chi connectivity index (χ3v) is 8.95. The average Bonchev–Trinajstić information content (AvgIpc) is 3.09. The van der Waals surface area contributed by atoms with Crippen LogP contribution in [0, 0.1) is 11.8 Å². The number of hydrogen-bond donors (Lipinski definition) is 1. The summed E-state index contributed by atoms with van der Waals surface area (Å²) in [4.78, 5) is 36.4. The number of Topliss-reactive ketones (excluding diaryl/α,β-unsaturated/α-hetero) is 1. The van der Waals surface area contributed by atoms with Crippen molar-refractivity contribution in [1.29, 1.82) is 0 Å². The van der Waals surface area contributed by atoms with Gasteiger partial charge in [-0.2, -0.15) is 0 Å². The molecule has 2 aromatic carbocycles. The Labute approximate surface area is 306 Å². The molecule has 0 aromatic heterocycles. The van der Waals surface area contributed by atoms with Gasteiger partial charge in [0.05, 0.1) is 0 Å². The van der Waals surface area contributed by atoms with Gasteiger partial charge >= 0.3 is 0 Å². The van der Waals surface area contributed by atoms with Crippen molar-refractivity contribution in [3.63, 3.8) is 0 Å². The lowest BCUT2D eigenvalue weighted by Crippen LogP contribution is -2.50. The summed E-state index contributed by atoms with van der Waals surface area (Å²) in [6.07, 6.45) is 19.1. The van der Waals surface area contributed by atoms with E-state index in [9.17, 15) is 14.4 Å². The van der Waals surface area contributed by atoms with Crippen molar-refractivity contribution in [2.75, 3.05) is 13.1 Å². The van der Waals surface area contributed by atoms with Gasteiger partial charge in [0.15, 0.2) is 0 Å². The van der Waals surface area contributed by atoms with Crippen LogP contribution in [0.4, 0.5) is 0 Å². The van der Waals surface area contributed by atoms with E-state index in [4.69, 9.17) is 11.6 Å². The Morgan fingerprint density at radius 3 is 1.73 bits per heavy atom. The number of nitrogens with one attached hydrogen (secondary N) is 1. The van der Waals surface area contributed by atoms with Crippen molar-refractivity contribution in [1.82, 2.24) is 10.2 Å². The number of carbonyl (C=O) groups excluding carboxylic acids is 3. The highest BCUT2D eigenvalue weighted by molar-refractivity contribution is 6.31. The van der Waals surface area contributed by atoms with E-state index in [2.05, 4.69) is 64.2 Å². The molecule has 4 rings (SSSR count). The highest BCUT2D eigenvalue weighted by Gasteiger charge is 2.28. The van der Waals surface area contributed by atoms with Crippen LogP contribution in [0.2, 0.25) is 5.02 Å². The highest BCUT2D eigenvalue weighted by atomic mass is 35.5. The lowest BCUT2D eigenvalue weighted by atomic mass is 9.91. The van der Waals surface area contributed by atoms with Crippen LogP contribution in [0.1, 0.15) is 161 Å². The second-order valence-corrected chi connectivity index (χ2v) is 14.3. The van der Waals surface area contributed by atoms with E-state index >= 15 is 0 Å². The van der Waals surface area contributed by atoms with Gasteiger partial charge in [-0.05, 0) is 75.1 Å². The maximum atomic E-state index is 12.7. The number of rotatable bonds is 10. The molecular weight excluding hydrogens is 628 g/mol. The Kier molecular flexibility index (Phi) is 28.5. The summed E-state index contributed by atoms with van der Waals surface area (Å²) in [5, 5.41) is 3.40. The smallest absolute Gasteiger partial charge is 0.251 e. The lowest BCUT2D eigenvalue weighted by Gasteiger charge is -2.33. The Morgan fingerprint density at radius 2 is 1.31 bits per heavy atom. The van der Waals surface area contributed by atoms with Crippen LogP contribution in [0.5, 0.6) is 0 Å². The monoisotopic (exact) mass is 699 g/mol. The topological polar surface area (TPSA) is 66.5 Å². The minimum Gasteiger partial charge on any atom is -0.341 e. The first kappa shape index (κ1) is 46.3. The normalized spacial score (nSPS) is 14.9. The van der Waals surface area contributed by atoms with Gasteiger partial charge in [0.1, 0.15) is 11.8 Å². The number of unbranched alkanes of at least 4 members (excludes halogenated alkanes) is 4. The van der Waals surface area contributed by atoms with Crippen molar-refractivity contribution in [3.05, 3.63) is 70.7 Å². The van der Waals surface area contributed by atoms with Gasteiger partial charge in [-0.15, -0.1) is 0 Å². The van der Waals surface area contributed by atoms with Crippen molar-refractivity contribution < 1.29 is 14.4 Å². The summed E-state index contributed by atoms with van der Waals surface area (Å²) >= 11 is 5.93. The maximum absolute atomic E-state index is 12.7. The van der Waals surface area contributed by atoms with E-state index in [1.165, 1.54) is 83.6 Å². The van der Waals surface area contributed by atoms with Gasteiger partial charge in [0.2, 0.25) is 5.91 Å². The quantitative estimate of drug-likeness (QED) is 0.251. The molecule has 1 unspecified atom stereocenters. The van der Waals surface area contributed by atoms with Gasteiger partial charge in [0, 0.05) is 23.7 Å². The second-order valence-electron chi connectivity index (χ2n) is 13.9. The minimum atomic E-state index is -0.458. The van der Waals surface area contributed by atoms with Crippen LogP contribution in [0.25, 0.3) is 0 Å². The van der Waals surface area contributed by atoms with E-state index in [0.29, 0.717) is 22.9 Å². The molecule has 49 heavy (non-hydrogen) atoms. The standard InChI is InChI=1S/C18H25ClN2O2.C8H10.C7H14.C7H16.C3H6O/c1-3-5-16(18(23)21-10-8-13(2)9-11-21)20-17(22)14-6-4-7-15(19)12-14;1-2-8-6-4-3-5-7-8;1-7-5-3-2-4-6-7;1-3-5-7-6-4-2;1-3(2)4/h4,6-7,12-13,16H,3,5,8-11H2,1-2H3,(H,20,22);3-7H,2H2,1H3;7H,2-6H2,1H3;3-7H2,1-2H3;1-2H3. The molecule has 5 nitrogen and oxygen atoms in total. The molecule has 6 heteroatoms. The Balaban J connectivity index is 0.000000717. The van der Waals surface area contributed by atoms with E-state index in [1.54, 1.807) is 24.3 Å². The number of aryl methyl sites for hydroxylation is 1. The molecule has 2 aliphatic rings. The molecule has 1 aliphatic carbocycles. The predicted octanol–water partition coefficient (Wildman–Crippen LogP) is 11.9. The van der Waals surface area contributed by atoms with Gasteiger partial charge in [0.25, 0.3) is 5.91 Å². The molecule has 1 N–H and O–H groups in total. The zero-order valence-electron chi connectivity index (χ0n) is 32.5. The van der Waals surface area contributed by atoms with Crippen LogP contribution in [-0.4, -0.2) is 41.6 Å². The third kappa shape index (κ3) is 25.0. The largest absolute Gasteiger partial charge is 0.341 e. The Hall–Kier alpha value is -2.66. The Morgan fingerprint density at radius 1 is 0.755 bits per heavy atom. The number of ketones is 1. The summed E-state index contributed by atoms with van der Waals surface area (Å²) in [5.41, 5.74) is 1.89. The van der Waals surface area contributed by atoms with Gasteiger partial charge in [-0.1, -0.05) is 160 Å². The molecule has 2 aromatic rings. The van der Waals surface area contributed by atoms with E-state index in [-0.39, 0.29) is 17.6 Å². The van der Waals surface area contributed by atoms with Crippen molar-refractivity contribution in [2.45, 2.75) is 158 Å². The molecular formula is C43H71ClN2O3. The van der Waals surface area contributed by atoms with E-state index in [1.807, 2.05) is 17.9 Å². The van der Waals surface area contributed by atoms with Crippen LogP contribution >= 0.6 is 11.6 Å². The molecule has 1 aliphatic heterocycles. The fourth-order valence-corrected chi connectivity index (χ4v) is 5.75. The summed E-state index contributed by atoms with van der Waals surface area (Å²) in [6.45, 7) is 17.9. The van der Waals surface area contributed by atoms with Gasteiger partial charge in [-0.25, -0.2) is 0 Å². The van der Waals surface area contributed by atoms with E-state index in [0.717, 1.165) is 44.7 Å². The number of benzene rings is 2. The van der Waals surface area contributed by atoms with Crippen LogP contribution in [-0.2, 0) is 16.0 Å². The maximum Gasteiger partial charge on any atom is 0.251 e. The molecule has 0 bridgehead atoms. The third-order valence-electron chi connectivity index (χ3n) is 8.71. The van der Waals surface area contributed by atoms with Crippen molar-refractivity contribution >= 4 is 29.2 Å². The first-order valence-corrected chi connectivity index (χ1v) is 19.7. The van der Waals surface area contributed by atoms with Gasteiger partial charge in [-0.3, -0.25) is 9.59 Å². The number of piperidine rings is 1. The number of likely N-dealkylation sites (tertiary alicyclic amines) is 1. The van der Waals surface area contributed by atoms with Crippen molar-refractivity contribution in [2.24, 2.45) is 11.8 Å². The molecule has 1 atom stereocenters. The SMILES string of the molecule is CC(C)=O.CC1CCCCC1.CCCC(NC(=O)c1cccc(Cl)c1)C(=O)N1CCC(C)CC1.CCCCCCC.CCc1ccccc1. The fraction of sp³-hybridized carbons (Fsp3) is 0.651. The highest BCUT2D eigenvalue weighted by Crippen LogP contribution is 2.22. The fourth-order valence-electron chi connectivity index (χ4n) is 5.56. The first-order valence-electron chi connectivity index (χ1n) is 19.3. The van der Waals surface area contributed by atoms with E-state index < -0.39 is 6.04 Å². The van der Waals surface area contributed by atoms with Gasteiger partial charge < -0.3 is 15.0 Å². The minimum absolute atomic E-state index is 0.0362. The molecule has 1 saturated carbocycles. The number of nitrogens with zero attached hydrogens (tertiary/aromatic N) is 1. The van der Waals surface area contributed by atoms with Crippen LogP contribution in [0.3, 0.4) is 0 Å². The summed E-state index contributed by atoms with van der Waals surface area (Å²) < 4.78 is 0. The Bertz CT molecular complexity index is 1100. The number of carbonyl (C=O) groups is 3. The molecule has 0 radical (unpaired) electrons. The molecule has 2 amide bonds. The number of amides is 2. The molecule has 1 saturated heterocycles. The van der Waals surface area contributed by atoms with Crippen molar-refractivity contribution in [3.8, 4) is 0 Å². The van der Waals surface area contributed by atoms with Crippen LogP contribution < -0.4 is 5.32 Å². The summed E-state index contributed by atoms with van der Waals surface area (Å²) in [5.74, 6) is 1.66.